The molecule has 0 amide bonds. The van der Waals surface area contributed by atoms with Crippen molar-refractivity contribution in [2.45, 2.75) is 39.5 Å². The summed E-state index contributed by atoms with van der Waals surface area (Å²) in [6.45, 7) is 8.32. The molecule has 2 rings (SSSR count). The van der Waals surface area contributed by atoms with E-state index in [-0.39, 0.29) is 11.4 Å². The molecule has 6 heteroatoms. The van der Waals surface area contributed by atoms with Gasteiger partial charge in [0, 0.05) is 5.41 Å². The Hall–Kier alpha value is -2.50. The molecule has 0 unspecified atom stereocenters. The van der Waals surface area contributed by atoms with Crippen molar-refractivity contribution < 1.29 is 14.3 Å². The van der Waals surface area contributed by atoms with Crippen LogP contribution in [-0.2, 0) is 10.2 Å². The lowest BCUT2D eigenvalue weighted by atomic mass is 9.90. The molecule has 1 aromatic carbocycles. The lowest BCUT2D eigenvalue weighted by molar-refractivity contribution is 0.0505. The predicted molar refractivity (Wildman–Crippen MR) is 86.0 cm³/mol. The van der Waals surface area contributed by atoms with Crippen molar-refractivity contribution in [3.8, 4) is 5.69 Å². The molecular weight excluding hydrogens is 294 g/mol. The molecule has 0 spiro atoms. The largest absolute Gasteiger partial charge is 0.462 e. The first-order chi connectivity index (χ1) is 10.9. The monoisotopic (exact) mass is 315 g/mol. The molecule has 0 atom stereocenters. The van der Waals surface area contributed by atoms with Crippen molar-refractivity contribution in [1.29, 1.82) is 0 Å². The molecule has 1 heterocycles. The Bertz CT molecular complexity index is 697. The van der Waals surface area contributed by atoms with Gasteiger partial charge in [0.15, 0.2) is 6.29 Å². The van der Waals surface area contributed by atoms with Crippen LogP contribution in [-0.4, -0.2) is 33.9 Å². The molecule has 0 saturated heterocycles. The quantitative estimate of drug-likeness (QED) is 0.626. The minimum atomic E-state index is -0.346. The number of carbonyl (C=O) groups excluding carboxylic acids is 2. The standard InChI is InChI=1S/C17H21N3O3/c1-5-10-23-16(22)12-6-8-13(9-7-12)20-15(17(2,3)4)14(11-21)18-19-20/h6-9,11H,5,10H2,1-4H3. The van der Waals surface area contributed by atoms with E-state index in [1.807, 2.05) is 27.7 Å². The summed E-state index contributed by atoms with van der Waals surface area (Å²) in [5.41, 5.74) is 1.98. The van der Waals surface area contributed by atoms with Crippen molar-refractivity contribution in [1.82, 2.24) is 15.0 Å². The molecule has 6 nitrogen and oxygen atoms in total. The Morgan fingerprint density at radius 3 is 2.43 bits per heavy atom. The SMILES string of the molecule is CCCOC(=O)c1ccc(-n2nnc(C=O)c2C(C)(C)C)cc1. The van der Waals surface area contributed by atoms with E-state index in [2.05, 4.69) is 10.3 Å². The Morgan fingerprint density at radius 2 is 1.91 bits per heavy atom. The fourth-order valence-electron chi connectivity index (χ4n) is 2.27. The summed E-state index contributed by atoms with van der Waals surface area (Å²) in [5.74, 6) is -0.346. The molecule has 0 aliphatic rings. The molecule has 0 N–H and O–H groups in total. The van der Waals surface area contributed by atoms with Gasteiger partial charge in [-0.05, 0) is 30.7 Å². The zero-order valence-corrected chi connectivity index (χ0v) is 13.9. The van der Waals surface area contributed by atoms with Crippen molar-refractivity contribution >= 4 is 12.3 Å². The van der Waals surface area contributed by atoms with E-state index in [9.17, 15) is 9.59 Å². The average molecular weight is 315 g/mol. The predicted octanol–water partition coefficient (Wildman–Crippen LogP) is 2.94. The van der Waals surface area contributed by atoms with Gasteiger partial charge in [-0.25, -0.2) is 9.48 Å². The summed E-state index contributed by atoms with van der Waals surface area (Å²) in [7, 11) is 0. The number of carbonyl (C=O) groups is 2. The van der Waals surface area contributed by atoms with Crippen LogP contribution in [0.2, 0.25) is 0 Å². The molecule has 2 aromatic rings. The van der Waals surface area contributed by atoms with Crippen LogP contribution in [0.15, 0.2) is 24.3 Å². The summed E-state index contributed by atoms with van der Waals surface area (Å²) in [6.07, 6.45) is 1.49. The van der Waals surface area contributed by atoms with Crippen LogP contribution in [0.4, 0.5) is 0 Å². The van der Waals surface area contributed by atoms with Crippen molar-refractivity contribution in [2.75, 3.05) is 6.61 Å². The number of rotatable bonds is 5. The maximum absolute atomic E-state index is 11.8. The highest BCUT2D eigenvalue weighted by Crippen LogP contribution is 2.26. The molecule has 122 valence electrons. The highest BCUT2D eigenvalue weighted by molar-refractivity contribution is 5.89. The number of hydrogen-bond acceptors (Lipinski definition) is 5. The fraction of sp³-hybridized carbons (Fsp3) is 0.412. The summed E-state index contributed by atoms with van der Waals surface area (Å²) in [6, 6.07) is 6.89. The van der Waals surface area contributed by atoms with E-state index in [0.717, 1.165) is 17.8 Å². The zero-order chi connectivity index (χ0) is 17.0. The first-order valence-electron chi connectivity index (χ1n) is 7.57. The highest BCUT2D eigenvalue weighted by atomic mass is 16.5. The third-order valence-corrected chi connectivity index (χ3v) is 3.30. The fourth-order valence-corrected chi connectivity index (χ4v) is 2.27. The molecule has 0 bridgehead atoms. The Balaban J connectivity index is 2.35. The van der Waals surface area contributed by atoms with Crippen LogP contribution >= 0.6 is 0 Å². The van der Waals surface area contributed by atoms with Gasteiger partial charge in [-0.3, -0.25) is 4.79 Å². The van der Waals surface area contributed by atoms with E-state index < -0.39 is 0 Å². The van der Waals surface area contributed by atoms with Crippen LogP contribution in [0, 0.1) is 0 Å². The molecule has 0 saturated carbocycles. The van der Waals surface area contributed by atoms with Gasteiger partial charge in [-0.2, -0.15) is 0 Å². The highest BCUT2D eigenvalue weighted by Gasteiger charge is 2.26. The molecule has 0 aliphatic carbocycles. The third kappa shape index (κ3) is 3.64. The minimum Gasteiger partial charge on any atom is -0.462 e. The summed E-state index contributed by atoms with van der Waals surface area (Å²) >= 11 is 0. The van der Waals surface area contributed by atoms with Crippen molar-refractivity contribution in [3.63, 3.8) is 0 Å². The minimum absolute atomic E-state index is 0.293. The second kappa shape index (κ2) is 6.73. The Morgan fingerprint density at radius 1 is 1.26 bits per heavy atom. The van der Waals surface area contributed by atoms with Gasteiger partial charge in [-0.1, -0.05) is 32.9 Å². The van der Waals surface area contributed by atoms with Crippen molar-refractivity contribution in [2.24, 2.45) is 0 Å². The summed E-state index contributed by atoms with van der Waals surface area (Å²) in [4.78, 5) is 23.0. The zero-order valence-electron chi connectivity index (χ0n) is 13.9. The topological polar surface area (TPSA) is 74.1 Å². The van der Waals surface area contributed by atoms with Gasteiger partial charge >= 0.3 is 5.97 Å². The normalized spacial score (nSPS) is 11.3. The molecule has 0 aliphatic heterocycles. The van der Waals surface area contributed by atoms with Crippen molar-refractivity contribution in [3.05, 3.63) is 41.2 Å². The van der Waals surface area contributed by atoms with Crippen LogP contribution in [0.3, 0.4) is 0 Å². The number of benzene rings is 1. The maximum Gasteiger partial charge on any atom is 0.338 e. The third-order valence-electron chi connectivity index (χ3n) is 3.30. The number of aldehydes is 1. The van der Waals surface area contributed by atoms with E-state index in [4.69, 9.17) is 4.74 Å². The first kappa shape index (κ1) is 16.9. The summed E-state index contributed by atoms with van der Waals surface area (Å²) < 4.78 is 6.73. The summed E-state index contributed by atoms with van der Waals surface area (Å²) in [5, 5.41) is 8.00. The van der Waals surface area contributed by atoms with E-state index in [1.165, 1.54) is 0 Å². The van der Waals surface area contributed by atoms with Crippen LogP contribution in [0.25, 0.3) is 5.69 Å². The molecule has 1 aromatic heterocycles. The van der Waals surface area contributed by atoms with Gasteiger partial charge in [0.2, 0.25) is 0 Å². The second-order valence-electron chi connectivity index (χ2n) is 6.29. The lowest BCUT2D eigenvalue weighted by Gasteiger charge is -2.20. The molecule has 0 radical (unpaired) electrons. The molecule has 23 heavy (non-hydrogen) atoms. The number of aromatic nitrogens is 3. The first-order valence-corrected chi connectivity index (χ1v) is 7.57. The van der Waals surface area contributed by atoms with Crippen LogP contribution < -0.4 is 0 Å². The van der Waals surface area contributed by atoms with E-state index in [1.54, 1.807) is 28.9 Å². The number of esters is 1. The van der Waals surface area contributed by atoms with E-state index in [0.29, 0.717) is 24.2 Å². The maximum atomic E-state index is 11.8. The van der Waals surface area contributed by atoms with Crippen LogP contribution in [0.5, 0.6) is 0 Å². The second-order valence-corrected chi connectivity index (χ2v) is 6.29. The van der Waals surface area contributed by atoms with Gasteiger partial charge in [0.1, 0.15) is 5.69 Å². The number of ether oxygens (including phenoxy) is 1. The Kier molecular flexibility index (Phi) is 4.93. The van der Waals surface area contributed by atoms with Gasteiger partial charge in [0.05, 0.1) is 23.6 Å². The van der Waals surface area contributed by atoms with Gasteiger partial charge < -0.3 is 4.74 Å². The van der Waals surface area contributed by atoms with Crippen LogP contribution in [0.1, 0.15) is 60.7 Å². The number of nitrogens with zero attached hydrogens (tertiary/aromatic N) is 3. The van der Waals surface area contributed by atoms with Gasteiger partial charge in [0.25, 0.3) is 0 Å². The molecular formula is C17H21N3O3. The van der Waals surface area contributed by atoms with E-state index >= 15 is 0 Å². The van der Waals surface area contributed by atoms with Gasteiger partial charge in [-0.15, -0.1) is 5.10 Å². The Labute approximate surface area is 135 Å². The lowest BCUT2D eigenvalue weighted by Crippen LogP contribution is -2.19. The molecule has 0 fully saturated rings. The smallest absolute Gasteiger partial charge is 0.338 e. The number of hydrogen-bond donors (Lipinski definition) is 0. The average Bonchev–Trinajstić information content (AvgIpc) is 2.97.